The number of nitrogen functional groups attached to an aromatic ring is 1. The molecule has 5 nitrogen and oxygen atoms in total. The van der Waals surface area contributed by atoms with E-state index >= 15 is 0 Å². The minimum Gasteiger partial charge on any atom is -0.383 e. The lowest BCUT2D eigenvalue weighted by Gasteiger charge is -2.22. The number of nitrogens with two attached hydrogens (primary N) is 1. The van der Waals surface area contributed by atoms with Gasteiger partial charge in [0, 0.05) is 12.2 Å². The van der Waals surface area contributed by atoms with Gasteiger partial charge in [-0.25, -0.2) is 9.97 Å². The van der Waals surface area contributed by atoms with E-state index in [1.807, 2.05) is 20.8 Å². The van der Waals surface area contributed by atoms with Gasteiger partial charge in [-0.15, -0.1) is 0 Å². The highest BCUT2D eigenvalue weighted by atomic mass is 19.4. The van der Waals surface area contributed by atoms with Crippen LogP contribution in [0, 0.1) is 5.92 Å². The van der Waals surface area contributed by atoms with Gasteiger partial charge in [-0.2, -0.15) is 13.2 Å². The van der Waals surface area contributed by atoms with Gasteiger partial charge in [-0.1, -0.05) is 20.8 Å². The molecule has 8 heteroatoms. The van der Waals surface area contributed by atoms with Crippen molar-refractivity contribution < 1.29 is 18.0 Å². The minimum atomic E-state index is -4.71. The summed E-state index contributed by atoms with van der Waals surface area (Å²) in [5.41, 5.74) is 3.73. The van der Waals surface area contributed by atoms with E-state index in [9.17, 15) is 18.0 Å². The Morgan fingerprint density at radius 3 is 2.50 bits per heavy atom. The molecule has 0 spiro atoms. The summed E-state index contributed by atoms with van der Waals surface area (Å²) in [7, 11) is 0. The van der Waals surface area contributed by atoms with Crippen molar-refractivity contribution >= 4 is 17.4 Å². The standard InChI is InChI=1S/C18H21F3N4O/c1-4-13(10(2)3)24-14-8-7-12(18(19,20)21)15(25-14)16(26)11-6-5-9-23-17(11)22/h5-10,13H,4H2,1-3H3,(H2,22,23)(H,24,25)/t13-/m0/s1. The van der Waals surface area contributed by atoms with Crippen molar-refractivity contribution in [2.24, 2.45) is 5.92 Å². The van der Waals surface area contributed by atoms with Crippen LogP contribution in [0.15, 0.2) is 30.5 Å². The van der Waals surface area contributed by atoms with Crippen LogP contribution in [0.2, 0.25) is 0 Å². The summed E-state index contributed by atoms with van der Waals surface area (Å²) in [5.74, 6) is -0.592. The van der Waals surface area contributed by atoms with Crippen LogP contribution in [0.1, 0.15) is 48.8 Å². The van der Waals surface area contributed by atoms with E-state index < -0.39 is 23.2 Å². The molecule has 0 saturated heterocycles. The van der Waals surface area contributed by atoms with Crippen LogP contribution < -0.4 is 11.1 Å². The number of carbonyl (C=O) groups is 1. The molecule has 0 aliphatic rings. The number of hydrogen-bond acceptors (Lipinski definition) is 5. The van der Waals surface area contributed by atoms with E-state index in [-0.39, 0.29) is 29.2 Å². The first-order valence-corrected chi connectivity index (χ1v) is 8.25. The summed E-state index contributed by atoms with van der Waals surface area (Å²) in [6.45, 7) is 5.95. The van der Waals surface area contributed by atoms with Crippen LogP contribution >= 0.6 is 0 Å². The van der Waals surface area contributed by atoms with Crippen molar-refractivity contribution in [2.75, 3.05) is 11.1 Å². The molecule has 0 aromatic carbocycles. The maximum absolute atomic E-state index is 13.4. The molecule has 2 rings (SSSR count). The predicted octanol–water partition coefficient (Wildman–Crippen LogP) is 4.16. The maximum Gasteiger partial charge on any atom is 0.418 e. The Balaban J connectivity index is 2.52. The summed E-state index contributed by atoms with van der Waals surface area (Å²) in [6.07, 6.45) is -2.59. The lowest BCUT2D eigenvalue weighted by Crippen LogP contribution is -2.26. The molecule has 0 radical (unpaired) electrons. The molecule has 0 saturated carbocycles. The third kappa shape index (κ3) is 4.30. The summed E-state index contributed by atoms with van der Waals surface area (Å²) in [6, 6.07) is 4.88. The van der Waals surface area contributed by atoms with Crippen LogP contribution in [0.25, 0.3) is 0 Å². The first kappa shape index (κ1) is 19.7. The molecule has 2 heterocycles. The van der Waals surface area contributed by atoms with Crippen LogP contribution in [0.4, 0.5) is 24.8 Å². The number of nitrogens with zero attached hydrogens (tertiary/aromatic N) is 2. The van der Waals surface area contributed by atoms with Crippen molar-refractivity contribution in [3.05, 3.63) is 47.3 Å². The van der Waals surface area contributed by atoms with E-state index in [2.05, 4.69) is 15.3 Å². The van der Waals surface area contributed by atoms with Gasteiger partial charge in [0.15, 0.2) is 0 Å². The molecule has 2 aromatic rings. The third-order valence-corrected chi connectivity index (χ3v) is 4.08. The summed E-state index contributed by atoms with van der Waals surface area (Å²) < 4.78 is 40.1. The Morgan fingerprint density at radius 1 is 1.27 bits per heavy atom. The quantitative estimate of drug-likeness (QED) is 0.751. The number of ketones is 1. The monoisotopic (exact) mass is 366 g/mol. The molecular formula is C18H21F3N4O. The second-order valence-corrected chi connectivity index (χ2v) is 6.26. The number of hydrogen-bond donors (Lipinski definition) is 2. The van der Waals surface area contributed by atoms with Crippen LogP contribution in [0.3, 0.4) is 0 Å². The van der Waals surface area contributed by atoms with Gasteiger partial charge < -0.3 is 11.1 Å². The SMILES string of the molecule is CC[C@H](Nc1ccc(C(F)(F)F)c(C(=O)c2cccnc2N)n1)C(C)C. The zero-order chi connectivity index (χ0) is 19.5. The van der Waals surface area contributed by atoms with Gasteiger partial charge in [-0.3, -0.25) is 4.79 Å². The molecule has 0 amide bonds. The van der Waals surface area contributed by atoms with Gasteiger partial charge in [-0.05, 0) is 36.6 Å². The van der Waals surface area contributed by atoms with E-state index in [0.29, 0.717) is 0 Å². The van der Waals surface area contributed by atoms with E-state index in [1.54, 1.807) is 0 Å². The largest absolute Gasteiger partial charge is 0.418 e. The first-order valence-electron chi connectivity index (χ1n) is 8.25. The fraction of sp³-hybridized carbons (Fsp3) is 0.389. The molecular weight excluding hydrogens is 345 g/mol. The highest BCUT2D eigenvalue weighted by Crippen LogP contribution is 2.33. The number of nitrogens with one attached hydrogen (secondary N) is 1. The molecule has 3 N–H and O–H groups in total. The first-order chi connectivity index (χ1) is 12.1. The van der Waals surface area contributed by atoms with Gasteiger partial charge >= 0.3 is 6.18 Å². The topological polar surface area (TPSA) is 80.9 Å². The number of aromatic nitrogens is 2. The van der Waals surface area contributed by atoms with Crippen molar-refractivity contribution in [1.29, 1.82) is 0 Å². The number of halogens is 3. The van der Waals surface area contributed by atoms with Crippen LogP contribution in [-0.4, -0.2) is 21.8 Å². The molecule has 0 aliphatic heterocycles. The van der Waals surface area contributed by atoms with Crippen LogP contribution in [0.5, 0.6) is 0 Å². The second-order valence-electron chi connectivity index (χ2n) is 6.26. The fourth-order valence-electron chi connectivity index (χ4n) is 2.61. The molecule has 140 valence electrons. The minimum absolute atomic E-state index is 0.0191. The van der Waals surface area contributed by atoms with Crippen molar-refractivity contribution in [2.45, 2.75) is 39.4 Å². The van der Waals surface area contributed by atoms with Crippen LogP contribution in [-0.2, 0) is 6.18 Å². The molecule has 2 aromatic heterocycles. The third-order valence-electron chi connectivity index (χ3n) is 4.08. The number of alkyl halides is 3. The van der Waals surface area contributed by atoms with Gasteiger partial charge in [0.1, 0.15) is 17.3 Å². The normalized spacial score (nSPS) is 12.9. The predicted molar refractivity (Wildman–Crippen MR) is 93.9 cm³/mol. The van der Waals surface area contributed by atoms with Crippen molar-refractivity contribution in [3.8, 4) is 0 Å². The number of anilines is 2. The Hall–Kier alpha value is -2.64. The van der Waals surface area contributed by atoms with Crippen molar-refractivity contribution in [1.82, 2.24) is 9.97 Å². The lowest BCUT2D eigenvalue weighted by molar-refractivity contribution is -0.138. The number of carbonyl (C=O) groups excluding carboxylic acids is 1. The Morgan fingerprint density at radius 2 is 1.96 bits per heavy atom. The fourth-order valence-corrected chi connectivity index (χ4v) is 2.61. The summed E-state index contributed by atoms with van der Waals surface area (Å²) >= 11 is 0. The Bertz CT molecular complexity index is 790. The molecule has 0 unspecified atom stereocenters. The second kappa shape index (κ2) is 7.72. The van der Waals surface area contributed by atoms with Gasteiger partial charge in [0.05, 0.1) is 11.1 Å². The zero-order valence-corrected chi connectivity index (χ0v) is 14.8. The van der Waals surface area contributed by atoms with E-state index in [4.69, 9.17) is 5.73 Å². The summed E-state index contributed by atoms with van der Waals surface area (Å²) in [5, 5.41) is 3.09. The average Bonchev–Trinajstić information content (AvgIpc) is 2.58. The highest BCUT2D eigenvalue weighted by Gasteiger charge is 2.37. The number of rotatable bonds is 6. The Labute approximate surface area is 149 Å². The van der Waals surface area contributed by atoms with Crippen molar-refractivity contribution in [3.63, 3.8) is 0 Å². The van der Waals surface area contributed by atoms with Gasteiger partial charge in [0.25, 0.3) is 0 Å². The molecule has 0 fully saturated rings. The average molecular weight is 366 g/mol. The van der Waals surface area contributed by atoms with E-state index in [1.165, 1.54) is 24.4 Å². The zero-order valence-electron chi connectivity index (χ0n) is 14.8. The highest BCUT2D eigenvalue weighted by molar-refractivity contribution is 6.11. The maximum atomic E-state index is 13.4. The number of pyridine rings is 2. The van der Waals surface area contributed by atoms with Gasteiger partial charge in [0.2, 0.25) is 5.78 Å². The molecule has 0 aliphatic carbocycles. The summed E-state index contributed by atoms with van der Waals surface area (Å²) in [4.78, 5) is 20.4. The molecule has 26 heavy (non-hydrogen) atoms. The lowest BCUT2D eigenvalue weighted by atomic mass is 10.0. The Kier molecular flexibility index (Phi) is 5.84. The molecule has 1 atom stereocenters. The van der Waals surface area contributed by atoms with E-state index in [0.717, 1.165) is 12.5 Å². The molecule has 0 bridgehead atoms. The smallest absolute Gasteiger partial charge is 0.383 e.